The molecule has 5 rings (SSSR count). The van der Waals surface area contributed by atoms with Crippen LogP contribution in [0.15, 0.2) is 58.5 Å². The van der Waals surface area contributed by atoms with Crippen LogP contribution in [0.25, 0.3) is 15.9 Å². The van der Waals surface area contributed by atoms with Gasteiger partial charge in [-0.1, -0.05) is 29.5 Å². The molecule has 0 unspecified atom stereocenters. The first kappa shape index (κ1) is 21.9. The Kier molecular flexibility index (Phi) is 6.03. The number of aryl methyl sites for hydroxylation is 3. The van der Waals surface area contributed by atoms with Crippen LogP contribution in [-0.4, -0.2) is 21.2 Å². The third-order valence-electron chi connectivity index (χ3n) is 5.71. The minimum atomic E-state index is -0.361. The summed E-state index contributed by atoms with van der Waals surface area (Å²) >= 11 is 2.82. The molecule has 5 nitrogen and oxygen atoms in total. The highest BCUT2D eigenvalue weighted by Crippen LogP contribution is 2.35. The Morgan fingerprint density at radius 3 is 2.61 bits per heavy atom. The van der Waals surface area contributed by atoms with Crippen molar-refractivity contribution in [2.24, 2.45) is 0 Å². The zero-order valence-electron chi connectivity index (χ0n) is 18.1. The van der Waals surface area contributed by atoms with Gasteiger partial charge >= 0.3 is 0 Å². The summed E-state index contributed by atoms with van der Waals surface area (Å²) < 4.78 is 14.7. The highest BCUT2D eigenvalue weighted by Gasteiger charge is 2.23. The maximum atomic E-state index is 13.7. The zero-order chi connectivity index (χ0) is 22.9. The Balaban J connectivity index is 1.51. The summed E-state index contributed by atoms with van der Waals surface area (Å²) in [6.45, 7) is 2.00. The SMILES string of the molecule is Cc1ccc(-n2c(SCC(=O)Nc3ccc(F)cc3)nc3sc4c(c3c2=O)CCCC4)cc1. The van der Waals surface area contributed by atoms with Crippen LogP contribution in [0.3, 0.4) is 0 Å². The standard InChI is InChI=1S/C25H22FN3O2S2/c1-15-6-12-18(13-7-15)29-24(31)22-19-4-2-3-5-20(19)33-23(22)28-25(29)32-14-21(30)27-17-10-8-16(26)9-11-17/h6-13H,2-5,14H2,1H3,(H,27,30). The fourth-order valence-electron chi connectivity index (χ4n) is 4.07. The molecule has 1 amide bonds. The van der Waals surface area contributed by atoms with Crippen molar-refractivity contribution in [2.45, 2.75) is 37.8 Å². The average Bonchev–Trinajstić information content (AvgIpc) is 3.19. The largest absolute Gasteiger partial charge is 0.325 e. The van der Waals surface area contributed by atoms with Crippen LogP contribution < -0.4 is 10.9 Å². The molecule has 2 aromatic heterocycles. The van der Waals surface area contributed by atoms with Gasteiger partial charge in [0.15, 0.2) is 5.16 Å². The van der Waals surface area contributed by atoms with Crippen LogP contribution in [0.1, 0.15) is 28.8 Å². The molecule has 0 fully saturated rings. The number of benzene rings is 2. The lowest BCUT2D eigenvalue weighted by atomic mass is 9.97. The summed E-state index contributed by atoms with van der Waals surface area (Å²) in [5.74, 6) is -0.533. The second-order valence-electron chi connectivity index (χ2n) is 8.11. The second kappa shape index (κ2) is 9.11. The number of carbonyl (C=O) groups excluding carboxylic acids is 1. The topological polar surface area (TPSA) is 64.0 Å². The smallest absolute Gasteiger partial charge is 0.267 e. The molecule has 0 atom stereocenters. The summed E-state index contributed by atoms with van der Waals surface area (Å²) in [6, 6.07) is 13.4. The molecule has 1 aliphatic carbocycles. The van der Waals surface area contributed by atoms with Crippen molar-refractivity contribution >= 4 is 44.9 Å². The number of aromatic nitrogens is 2. The van der Waals surface area contributed by atoms with Crippen LogP contribution in [0, 0.1) is 12.7 Å². The highest BCUT2D eigenvalue weighted by atomic mass is 32.2. The van der Waals surface area contributed by atoms with Gasteiger partial charge in [-0.2, -0.15) is 0 Å². The first-order chi connectivity index (χ1) is 16.0. The average molecular weight is 480 g/mol. The predicted molar refractivity (Wildman–Crippen MR) is 132 cm³/mol. The van der Waals surface area contributed by atoms with Crippen LogP contribution in [0.2, 0.25) is 0 Å². The van der Waals surface area contributed by atoms with Crippen LogP contribution in [0.4, 0.5) is 10.1 Å². The zero-order valence-corrected chi connectivity index (χ0v) is 19.7. The number of hydrogen-bond acceptors (Lipinski definition) is 5. The first-order valence-corrected chi connectivity index (χ1v) is 12.6. The van der Waals surface area contributed by atoms with Crippen LogP contribution in [0.5, 0.6) is 0 Å². The molecule has 0 saturated carbocycles. The molecule has 33 heavy (non-hydrogen) atoms. The van der Waals surface area contributed by atoms with E-state index in [1.807, 2.05) is 31.2 Å². The van der Waals surface area contributed by atoms with Crippen molar-refractivity contribution in [1.29, 1.82) is 0 Å². The monoisotopic (exact) mass is 479 g/mol. The van der Waals surface area contributed by atoms with Gasteiger partial charge in [0.25, 0.3) is 5.56 Å². The fourth-order valence-corrected chi connectivity index (χ4v) is 6.18. The molecule has 0 bridgehead atoms. The van der Waals surface area contributed by atoms with E-state index in [4.69, 9.17) is 4.98 Å². The summed E-state index contributed by atoms with van der Waals surface area (Å²) in [4.78, 5) is 33.1. The number of carbonyl (C=O) groups is 1. The lowest BCUT2D eigenvalue weighted by Gasteiger charge is -2.14. The highest BCUT2D eigenvalue weighted by molar-refractivity contribution is 7.99. The molecular formula is C25H22FN3O2S2. The third kappa shape index (κ3) is 4.45. The van der Waals surface area contributed by atoms with Gasteiger partial charge in [-0.05, 0) is 74.6 Å². The molecule has 168 valence electrons. The van der Waals surface area contributed by atoms with Crippen LogP contribution >= 0.6 is 23.1 Å². The summed E-state index contributed by atoms with van der Waals surface area (Å²) in [6.07, 6.45) is 4.12. The van der Waals surface area contributed by atoms with Crippen molar-refractivity contribution < 1.29 is 9.18 Å². The van der Waals surface area contributed by atoms with E-state index >= 15 is 0 Å². The number of anilines is 1. The lowest BCUT2D eigenvalue weighted by Crippen LogP contribution is -2.23. The first-order valence-electron chi connectivity index (χ1n) is 10.8. The van der Waals surface area contributed by atoms with Crippen molar-refractivity contribution in [3.05, 3.63) is 80.7 Å². The molecule has 1 N–H and O–H groups in total. The van der Waals surface area contributed by atoms with E-state index in [1.54, 1.807) is 15.9 Å². The molecule has 2 heterocycles. The maximum Gasteiger partial charge on any atom is 0.267 e. The Bertz CT molecular complexity index is 1390. The number of thiophene rings is 1. The molecule has 0 saturated heterocycles. The number of fused-ring (bicyclic) bond motifs is 3. The van der Waals surface area contributed by atoms with Gasteiger partial charge in [0, 0.05) is 10.6 Å². The summed E-state index contributed by atoms with van der Waals surface area (Å²) in [5, 5.41) is 3.97. The fraction of sp³-hybridized carbons (Fsp3) is 0.240. The van der Waals surface area contributed by atoms with Crippen molar-refractivity contribution in [1.82, 2.24) is 9.55 Å². The summed E-state index contributed by atoms with van der Waals surface area (Å²) in [7, 11) is 0. The number of thioether (sulfide) groups is 1. The van der Waals surface area contributed by atoms with Gasteiger partial charge < -0.3 is 5.32 Å². The molecule has 0 aliphatic heterocycles. The molecule has 1 aliphatic rings. The lowest BCUT2D eigenvalue weighted by molar-refractivity contribution is -0.113. The third-order valence-corrected chi connectivity index (χ3v) is 7.83. The van der Waals surface area contributed by atoms with Crippen molar-refractivity contribution in [3.63, 3.8) is 0 Å². The van der Waals surface area contributed by atoms with E-state index in [0.29, 0.717) is 10.8 Å². The van der Waals surface area contributed by atoms with E-state index in [2.05, 4.69) is 5.32 Å². The molecule has 2 aromatic carbocycles. The van der Waals surface area contributed by atoms with Gasteiger partial charge in [0.1, 0.15) is 10.6 Å². The number of hydrogen-bond donors (Lipinski definition) is 1. The molecule has 4 aromatic rings. The van der Waals surface area contributed by atoms with E-state index in [9.17, 15) is 14.0 Å². The van der Waals surface area contributed by atoms with Gasteiger partial charge in [-0.3, -0.25) is 14.2 Å². The second-order valence-corrected chi connectivity index (χ2v) is 10.1. The normalized spacial score (nSPS) is 13.2. The number of nitrogens with one attached hydrogen (secondary N) is 1. The van der Waals surface area contributed by atoms with Crippen molar-refractivity contribution in [3.8, 4) is 5.69 Å². The minimum Gasteiger partial charge on any atom is -0.325 e. The van der Waals surface area contributed by atoms with E-state index < -0.39 is 0 Å². The van der Waals surface area contributed by atoms with Crippen molar-refractivity contribution in [2.75, 3.05) is 11.1 Å². The Morgan fingerprint density at radius 2 is 1.85 bits per heavy atom. The number of rotatable bonds is 5. The van der Waals surface area contributed by atoms with Gasteiger partial charge in [-0.25, -0.2) is 9.37 Å². The Morgan fingerprint density at radius 1 is 1.12 bits per heavy atom. The number of halogens is 1. The Hall–Kier alpha value is -2.97. The van der Waals surface area contributed by atoms with Gasteiger partial charge in [0.05, 0.1) is 16.8 Å². The summed E-state index contributed by atoms with van der Waals surface area (Å²) in [5.41, 5.74) is 3.42. The van der Waals surface area contributed by atoms with Crippen LogP contribution in [-0.2, 0) is 17.6 Å². The maximum absolute atomic E-state index is 13.7. The quantitative estimate of drug-likeness (QED) is 0.303. The Labute approximate surface area is 198 Å². The minimum absolute atomic E-state index is 0.0757. The number of amides is 1. The van der Waals surface area contributed by atoms with E-state index in [0.717, 1.165) is 52.7 Å². The van der Waals surface area contributed by atoms with Gasteiger partial charge in [-0.15, -0.1) is 11.3 Å². The molecule has 0 radical (unpaired) electrons. The van der Waals surface area contributed by atoms with Gasteiger partial charge in [0.2, 0.25) is 5.91 Å². The molecule has 8 heteroatoms. The van der Waals surface area contributed by atoms with E-state index in [-0.39, 0.29) is 23.0 Å². The predicted octanol–water partition coefficient (Wildman–Crippen LogP) is 5.50. The molecular weight excluding hydrogens is 457 g/mol. The molecule has 0 spiro atoms. The van der Waals surface area contributed by atoms with E-state index in [1.165, 1.54) is 40.9 Å². The number of nitrogens with zero attached hydrogens (tertiary/aromatic N) is 2.